The summed E-state index contributed by atoms with van der Waals surface area (Å²) in [4.78, 5) is 2.32. The Labute approximate surface area is 148 Å². The quantitative estimate of drug-likeness (QED) is 0.834. The number of likely N-dealkylation sites (tertiary alicyclic amines) is 1. The van der Waals surface area contributed by atoms with Gasteiger partial charge in [-0.25, -0.2) is 0 Å². The fourth-order valence-electron chi connectivity index (χ4n) is 3.27. The van der Waals surface area contributed by atoms with Crippen molar-refractivity contribution in [3.8, 4) is 11.8 Å². The smallest absolute Gasteiger partial charge is 0.119 e. The van der Waals surface area contributed by atoms with Crippen LogP contribution < -0.4 is 4.74 Å². The Morgan fingerprint density at radius 1 is 1.40 bits per heavy atom. The van der Waals surface area contributed by atoms with Crippen molar-refractivity contribution in [2.75, 3.05) is 19.7 Å². The Hall–Kier alpha value is -2.36. The molecule has 1 aliphatic rings. The molecule has 0 bridgehead atoms. The summed E-state index contributed by atoms with van der Waals surface area (Å²) in [6.07, 6.45) is 5.66. The van der Waals surface area contributed by atoms with Crippen molar-refractivity contribution < 1.29 is 9.84 Å². The van der Waals surface area contributed by atoms with Gasteiger partial charge in [-0.3, -0.25) is 9.58 Å². The fourth-order valence-corrected chi connectivity index (χ4v) is 3.27. The van der Waals surface area contributed by atoms with Gasteiger partial charge in [0.25, 0.3) is 0 Å². The van der Waals surface area contributed by atoms with Crippen LogP contribution in [-0.2, 0) is 6.54 Å². The maximum Gasteiger partial charge on any atom is 0.119 e. The number of aliphatic hydroxyl groups excluding tert-OH is 1. The Balaban J connectivity index is 1.47. The molecule has 6 heteroatoms. The number of hydrogen-bond acceptors (Lipinski definition) is 5. The zero-order chi connectivity index (χ0) is 17.6. The normalized spacial score (nSPS) is 18.8. The molecule has 0 radical (unpaired) electrons. The lowest BCUT2D eigenvalue weighted by atomic mass is 10.2. The van der Waals surface area contributed by atoms with E-state index in [1.54, 1.807) is 24.3 Å². The number of nitrogens with zero attached hydrogens (tertiary/aromatic N) is 4. The van der Waals surface area contributed by atoms with Crippen LogP contribution in [0.4, 0.5) is 0 Å². The second-order valence-corrected chi connectivity index (χ2v) is 6.63. The van der Waals surface area contributed by atoms with Crippen LogP contribution in [0, 0.1) is 18.3 Å². The lowest BCUT2D eigenvalue weighted by Crippen LogP contribution is -2.40. The molecule has 1 saturated heterocycles. The van der Waals surface area contributed by atoms with E-state index in [9.17, 15) is 5.11 Å². The largest absolute Gasteiger partial charge is 0.491 e. The topological polar surface area (TPSA) is 74.3 Å². The van der Waals surface area contributed by atoms with Crippen LogP contribution in [0.3, 0.4) is 0 Å². The number of nitriles is 1. The van der Waals surface area contributed by atoms with E-state index in [1.165, 1.54) is 5.56 Å². The standard InChI is InChI=1S/C19H24N4O2/c1-15-10-21-23(11-15)12-17-3-2-8-22(17)13-18(24)14-25-19-6-4-16(9-20)5-7-19/h4-7,10-11,17-18,24H,2-3,8,12-14H2,1H3. The van der Waals surface area contributed by atoms with E-state index in [0.29, 0.717) is 23.9 Å². The third kappa shape index (κ3) is 4.81. The van der Waals surface area contributed by atoms with Gasteiger partial charge >= 0.3 is 0 Å². The number of ether oxygens (including phenoxy) is 1. The molecule has 0 aliphatic carbocycles. The highest BCUT2D eigenvalue weighted by Gasteiger charge is 2.26. The van der Waals surface area contributed by atoms with Crippen LogP contribution in [0.2, 0.25) is 0 Å². The molecule has 0 spiro atoms. The Morgan fingerprint density at radius 2 is 2.20 bits per heavy atom. The molecular formula is C19H24N4O2. The molecule has 1 aromatic carbocycles. The summed E-state index contributed by atoms with van der Waals surface area (Å²) in [6.45, 7) is 4.74. The van der Waals surface area contributed by atoms with Gasteiger partial charge in [0.05, 0.1) is 24.4 Å². The monoisotopic (exact) mass is 340 g/mol. The number of aryl methyl sites for hydroxylation is 1. The average molecular weight is 340 g/mol. The highest BCUT2D eigenvalue weighted by Crippen LogP contribution is 2.19. The molecule has 2 heterocycles. The van der Waals surface area contributed by atoms with Crippen LogP contribution in [0.5, 0.6) is 5.75 Å². The van der Waals surface area contributed by atoms with E-state index in [1.807, 2.05) is 17.8 Å². The number of β-amino-alcohol motifs (C(OH)–C–C–N with tert-alkyl or cyclic N) is 1. The van der Waals surface area contributed by atoms with Crippen molar-refractivity contribution in [2.24, 2.45) is 0 Å². The molecule has 3 rings (SSSR count). The number of benzene rings is 1. The minimum atomic E-state index is -0.546. The Bertz CT molecular complexity index is 720. The molecule has 0 amide bonds. The van der Waals surface area contributed by atoms with Crippen LogP contribution in [-0.4, -0.2) is 51.6 Å². The summed E-state index contributed by atoms with van der Waals surface area (Å²) < 4.78 is 7.61. The summed E-state index contributed by atoms with van der Waals surface area (Å²) in [6, 6.07) is 9.41. The van der Waals surface area contributed by atoms with E-state index in [0.717, 1.165) is 25.9 Å². The molecule has 132 valence electrons. The van der Waals surface area contributed by atoms with Gasteiger partial charge in [0, 0.05) is 18.8 Å². The second kappa shape index (κ2) is 8.15. The number of aliphatic hydroxyl groups is 1. The van der Waals surface area contributed by atoms with Crippen molar-refractivity contribution in [2.45, 2.75) is 38.5 Å². The summed E-state index contributed by atoms with van der Waals surface area (Å²) in [5.41, 5.74) is 1.77. The van der Waals surface area contributed by atoms with E-state index >= 15 is 0 Å². The maximum absolute atomic E-state index is 10.3. The molecule has 1 fully saturated rings. The van der Waals surface area contributed by atoms with Crippen LogP contribution in [0.25, 0.3) is 0 Å². The molecular weight excluding hydrogens is 316 g/mol. The summed E-state index contributed by atoms with van der Waals surface area (Å²) >= 11 is 0. The van der Waals surface area contributed by atoms with Crippen LogP contribution >= 0.6 is 0 Å². The molecule has 0 saturated carbocycles. The van der Waals surface area contributed by atoms with Gasteiger partial charge < -0.3 is 9.84 Å². The third-order valence-corrected chi connectivity index (χ3v) is 4.53. The lowest BCUT2D eigenvalue weighted by Gasteiger charge is -2.26. The van der Waals surface area contributed by atoms with Crippen molar-refractivity contribution >= 4 is 0 Å². The molecule has 2 atom stereocenters. The maximum atomic E-state index is 10.3. The lowest BCUT2D eigenvalue weighted by molar-refractivity contribution is 0.0609. The SMILES string of the molecule is Cc1cnn(CC2CCCN2CC(O)COc2ccc(C#N)cc2)c1. The number of hydrogen-bond donors (Lipinski definition) is 1. The summed E-state index contributed by atoms with van der Waals surface area (Å²) in [7, 11) is 0. The van der Waals surface area contributed by atoms with Gasteiger partial charge in [0.15, 0.2) is 0 Å². The number of rotatable bonds is 7. The minimum absolute atomic E-state index is 0.246. The Morgan fingerprint density at radius 3 is 2.88 bits per heavy atom. The van der Waals surface area contributed by atoms with E-state index in [2.05, 4.69) is 22.3 Å². The molecule has 1 aromatic heterocycles. The third-order valence-electron chi connectivity index (χ3n) is 4.53. The van der Waals surface area contributed by atoms with Crippen LogP contribution in [0.15, 0.2) is 36.7 Å². The molecule has 2 aromatic rings. The first-order chi connectivity index (χ1) is 12.1. The van der Waals surface area contributed by atoms with Gasteiger partial charge in [0.1, 0.15) is 18.5 Å². The van der Waals surface area contributed by atoms with Crippen LogP contribution in [0.1, 0.15) is 24.0 Å². The number of aromatic nitrogens is 2. The van der Waals surface area contributed by atoms with Gasteiger partial charge in [-0.05, 0) is 56.1 Å². The van der Waals surface area contributed by atoms with Gasteiger partial charge in [-0.2, -0.15) is 10.4 Å². The van der Waals surface area contributed by atoms with Gasteiger partial charge in [0.2, 0.25) is 0 Å². The first-order valence-electron chi connectivity index (χ1n) is 8.68. The predicted molar refractivity (Wildman–Crippen MR) is 94.2 cm³/mol. The zero-order valence-electron chi connectivity index (χ0n) is 14.5. The van der Waals surface area contributed by atoms with Gasteiger partial charge in [-0.1, -0.05) is 0 Å². The minimum Gasteiger partial charge on any atom is -0.491 e. The highest BCUT2D eigenvalue weighted by molar-refractivity contribution is 5.34. The molecule has 2 unspecified atom stereocenters. The predicted octanol–water partition coefficient (Wildman–Crippen LogP) is 1.97. The van der Waals surface area contributed by atoms with Crippen molar-refractivity contribution in [1.82, 2.24) is 14.7 Å². The summed E-state index contributed by atoms with van der Waals surface area (Å²) in [5, 5.41) is 23.5. The Kier molecular flexibility index (Phi) is 5.69. The molecule has 1 aliphatic heterocycles. The first kappa shape index (κ1) is 17.5. The average Bonchev–Trinajstić information content (AvgIpc) is 3.23. The van der Waals surface area contributed by atoms with E-state index in [-0.39, 0.29) is 6.61 Å². The molecule has 6 nitrogen and oxygen atoms in total. The second-order valence-electron chi connectivity index (χ2n) is 6.63. The highest BCUT2D eigenvalue weighted by atomic mass is 16.5. The fraction of sp³-hybridized carbons (Fsp3) is 0.474. The van der Waals surface area contributed by atoms with Crippen molar-refractivity contribution in [3.63, 3.8) is 0 Å². The molecule has 1 N–H and O–H groups in total. The van der Waals surface area contributed by atoms with E-state index in [4.69, 9.17) is 10.00 Å². The van der Waals surface area contributed by atoms with Crippen molar-refractivity contribution in [3.05, 3.63) is 47.8 Å². The summed E-state index contributed by atoms with van der Waals surface area (Å²) in [5.74, 6) is 0.669. The van der Waals surface area contributed by atoms with E-state index < -0.39 is 6.10 Å². The zero-order valence-corrected chi connectivity index (χ0v) is 14.5. The first-order valence-corrected chi connectivity index (χ1v) is 8.68. The van der Waals surface area contributed by atoms with Gasteiger partial charge in [-0.15, -0.1) is 0 Å². The molecule has 25 heavy (non-hydrogen) atoms. The van der Waals surface area contributed by atoms with Crippen molar-refractivity contribution in [1.29, 1.82) is 5.26 Å².